The number of halogens is 5. The largest absolute Gasteiger partial charge is 0.477 e. The minimum Gasteiger partial charge on any atom is -0.477 e. The molecule has 2 aliphatic rings. The number of primary amides is 1. The molecule has 1 aliphatic heterocycles. The van der Waals surface area contributed by atoms with Crippen LogP contribution in [0.2, 0.25) is 0 Å². The maximum Gasteiger partial charge on any atom is 0.411 e. The SMILES string of the molecule is NCC1CCC(C(=O)N[C@@H](Cc2ccc(-c3ccc(C(N)=O)c(F)c3)cc2)C(=O)Nc2ccc(-c3n[nH]c(C(F)(F)C(F)(F)C(=O)O)n3)cc2)CC1.O=C1CCCCN1. The predicted octanol–water partition coefficient (Wildman–Crippen LogP) is 4.91. The molecular formula is C40H43F5N8O6. The number of aromatic nitrogens is 3. The minimum absolute atomic E-state index is 0.0677. The highest BCUT2D eigenvalue weighted by Gasteiger charge is 2.65. The van der Waals surface area contributed by atoms with E-state index < -0.39 is 53.1 Å². The van der Waals surface area contributed by atoms with Gasteiger partial charge in [-0.05, 0) is 104 Å². The molecule has 0 spiro atoms. The number of hydrogen-bond acceptors (Lipinski definition) is 8. The Hall–Kier alpha value is -6.24. The molecule has 6 rings (SSSR count). The van der Waals surface area contributed by atoms with Crippen LogP contribution >= 0.6 is 0 Å². The molecule has 2 fully saturated rings. The zero-order valence-corrected chi connectivity index (χ0v) is 31.6. The summed E-state index contributed by atoms with van der Waals surface area (Å²) in [5, 5.41) is 22.0. The van der Waals surface area contributed by atoms with E-state index in [0.717, 1.165) is 38.6 Å². The Morgan fingerprint density at radius 3 is 2.08 bits per heavy atom. The molecule has 1 saturated carbocycles. The number of nitrogens with one attached hydrogen (secondary N) is 4. The molecule has 3 aromatic carbocycles. The summed E-state index contributed by atoms with van der Waals surface area (Å²) in [6, 6.07) is 15.2. The van der Waals surface area contributed by atoms with Crippen LogP contribution in [0.1, 0.15) is 66.7 Å². The van der Waals surface area contributed by atoms with E-state index in [9.17, 15) is 45.9 Å². The molecule has 9 N–H and O–H groups in total. The van der Waals surface area contributed by atoms with Crippen molar-refractivity contribution in [3.05, 3.63) is 89.5 Å². The zero-order valence-electron chi connectivity index (χ0n) is 31.6. The second-order valence-electron chi connectivity index (χ2n) is 14.3. The first kappa shape index (κ1) is 43.9. The first-order valence-corrected chi connectivity index (χ1v) is 18.8. The number of nitrogens with two attached hydrogens (primary N) is 2. The van der Waals surface area contributed by atoms with Gasteiger partial charge >= 0.3 is 17.8 Å². The van der Waals surface area contributed by atoms with Crippen LogP contribution in [-0.4, -0.2) is 74.9 Å². The zero-order chi connectivity index (χ0) is 42.9. The molecule has 19 heteroatoms. The molecule has 1 aliphatic carbocycles. The molecule has 314 valence electrons. The van der Waals surface area contributed by atoms with Gasteiger partial charge in [0.25, 0.3) is 5.91 Å². The third-order valence-corrected chi connectivity index (χ3v) is 10.2. The lowest BCUT2D eigenvalue weighted by Gasteiger charge is -2.28. The van der Waals surface area contributed by atoms with Crippen molar-refractivity contribution in [3.8, 4) is 22.5 Å². The number of nitrogens with zero attached hydrogens (tertiary/aromatic N) is 2. The van der Waals surface area contributed by atoms with Gasteiger partial charge in [0, 0.05) is 36.6 Å². The van der Waals surface area contributed by atoms with Crippen LogP contribution in [-0.2, 0) is 31.5 Å². The van der Waals surface area contributed by atoms with Gasteiger partial charge in [0.1, 0.15) is 11.9 Å². The first-order chi connectivity index (χ1) is 28.0. The Morgan fingerprint density at radius 2 is 1.54 bits per heavy atom. The summed E-state index contributed by atoms with van der Waals surface area (Å²) in [6.07, 6.45) is 5.84. The van der Waals surface area contributed by atoms with Crippen LogP contribution in [0.4, 0.5) is 27.6 Å². The normalized spacial score (nSPS) is 17.4. The van der Waals surface area contributed by atoms with Crippen molar-refractivity contribution in [3.63, 3.8) is 0 Å². The van der Waals surface area contributed by atoms with Gasteiger partial charge in [-0.2, -0.15) is 22.7 Å². The standard InChI is InChI=1S/C35H34F5N7O5.C5H9NO/c36-26-16-23(11-14-25(26)28(42)48)20-5-1-18(2-6-20)15-27(44-30(49)22-7-3-19(17-41)4-8-22)31(50)43-24-12-9-21(10-13-24)29-45-32(47-46-29)34(37,38)35(39,40)33(51)52;7-5-3-1-2-4-6-5/h1-2,5-6,9-14,16,19,22,27H,3-4,7-8,15,17,41H2,(H2,42,48)(H,43,50)(H,44,49)(H,51,52)(H,45,46,47);1-4H2,(H,6,7)/t19?,22?,27-;/m0./s1. The van der Waals surface area contributed by atoms with E-state index in [4.69, 9.17) is 16.6 Å². The number of anilines is 1. The summed E-state index contributed by atoms with van der Waals surface area (Å²) in [4.78, 5) is 62.7. The molecule has 14 nitrogen and oxygen atoms in total. The van der Waals surface area contributed by atoms with Gasteiger partial charge in [-0.25, -0.2) is 14.2 Å². The van der Waals surface area contributed by atoms with Gasteiger partial charge in [-0.3, -0.25) is 24.3 Å². The summed E-state index contributed by atoms with van der Waals surface area (Å²) in [5.74, 6) is -18.1. The number of H-pyrrole nitrogens is 1. The van der Waals surface area contributed by atoms with E-state index in [1.807, 2.05) is 0 Å². The third-order valence-electron chi connectivity index (χ3n) is 10.2. The van der Waals surface area contributed by atoms with E-state index in [0.29, 0.717) is 42.0 Å². The molecule has 0 bridgehead atoms. The molecule has 0 radical (unpaired) electrons. The van der Waals surface area contributed by atoms with E-state index in [1.165, 1.54) is 36.4 Å². The van der Waals surface area contributed by atoms with Gasteiger partial charge in [0.15, 0.2) is 5.82 Å². The molecule has 4 amide bonds. The van der Waals surface area contributed by atoms with Crippen LogP contribution in [0.25, 0.3) is 22.5 Å². The quantitative estimate of drug-likeness (QED) is 0.0907. The highest BCUT2D eigenvalue weighted by Crippen LogP contribution is 2.42. The highest BCUT2D eigenvalue weighted by molar-refractivity contribution is 5.98. The second kappa shape index (κ2) is 19.0. The van der Waals surface area contributed by atoms with Crippen LogP contribution < -0.4 is 27.4 Å². The van der Waals surface area contributed by atoms with Crippen molar-refractivity contribution in [2.75, 3.05) is 18.4 Å². The van der Waals surface area contributed by atoms with Crippen molar-refractivity contribution in [1.82, 2.24) is 25.8 Å². The lowest BCUT2D eigenvalue weighted by Crippen LogP contribution is -2.48. The molecular weight excluding hydrogens is 783 g/mol. The van der Waals surface area contributed by atoms with Crippen LogP contribution in [0.5, 0.6) is 0 Å². The summed E-state index contributed by atoms with van der Waals surface area (Å²) in [5.41, 5.74) is 12.8. The monoisotopic (exact) mass is 826 g/mol. The minimum atomic E-state index is -5.45. The smallest absolute Gasteiger partial charge is 0.411 e. The van der Waals surface area contributed by atoms with Gasteiger partial charge in [-0.15, -0.1) is 0 Å². The number of rotatable bonds is 13. The number of amides is 4. The number of benzene rings is 3. The maximum atomic E-state index is 14.4. The highest BCUT2D eigenvalue weighted by atomic mass is 19.3. The van der Waals surface area contributed by atoms with Crippen LogP contribution in [0.3, 0.4) is 0 Å². The van der Waals surface area contributed by atoms with Crippen LogP contribution in [0.15, 0.2) is 66.7 Å². The number of carbonyl (C=O) groups excluding carboxylic acids is 4. The molecule has 4 aromatic rings. The molecule has 2 heterocycles. The van der Waals surface area contributed by atoms with E-state index in [2.05, 4.69) is 26.0 Å². The van der Waals surface area contributed by atoms with E-state index in [1.54, 1.807) is 35.4 Å². The van der Waals surface area contributed by atoms with Crippen molar-refractivity contribution >= 4 is 35.3 Å². The number of aliphatic carboxylic acids is 1. The summed E-state index contributed by atoms with van der Waals surface area (Å²) in [6.45, 7) is 1.42. The number of carboxylic acid groups (broad SMARTS) is 1. The molecule has 1 atom stereocenters. The Labute approximate surface area is 334 Å². The number of hydrogen-bond donors (Lipinski definition) is 7. The molecule has 0 unspecified atom stereocenters. The number of carboxylic acids is 1. The number of alkyl halides is 4. The summed E-state index contributed by atoms with van der Waals surface area (Å²) < 4.78 is 69.9. The fourth-order valence-electron chi connectivity index (χ4n) is 6.60. The Balaban J connectivity index is 0.000000854. The lowest BCUT2D eigenvalue weighted by atomic mass is 9.81. The Kier molecular flexibility index (Phi) is 14.1. The van der Waals surface area contributed by atoms with Crippen molar-refractivity contribution in [2.24, 2.45) is 23.3 Å². The summed E-state index contributed by atoms with van der Waals surface area (Å²) >= 11 is 0. The van der Waals surface area contributed by atoms with Crippen molar-refractivity contribution < 1.29 is 51.0 Å². The van der Waals surface area contributed by atoms with Crippen molar-refractivity contribution in [1.29, 1.82) is 0 Å². The van der Waals surface area contributed by atoms with Crippen LogP contribution in [0, 0.1) is 17.7 Å². The van der Waals surface area contributed by atoms with E-state index in [-0.39, 0.29) is 41.0 Å². The maximum absolute atomic E-state index is 14.4. The van der Waals surface area contributed by atoms with Gasteiger partial charge in [0.05, 0.1) is 5.56 Å². The molecule has 1 aromatic heterocycles. The van der Waals surface area contributed by atoms with Crippen molar-refractivity contribution in [2.45, 2.75) is 69.3 Å². The Bertz CT molecular complexity index is 2130. The average Bonchev–Trinajstić information content (AvgIpc) is 3.73. The fourth-order valence-corrected chi connectivity index (χ4v) is 6.60. The van der Waals surface area contributed by atoms with Gasteiger partial charge in [0.2, 0.25) is 23.5 Å². The predicted molar refractivity (Wildman–Crippen MR) is 204 cm³/mol. The fraction of sp³-hybridized carbons (Fsp3) is 0.375. The van der Waals surface area contributed by atoms with Gasteiger partial charge < -0.3 is 32.5 Å². The molecule has 59 heavy (non-hydrogen) atoms. The lowest BCUT2D eigenvalue weighted by molar-refractivity contribution is -0.231. The van der Waals surface area contributed by atoms with Gasteiger partial charge in [-0.1, -0.05) is 30.3 Å². The Morgan fingerprint density at radius 1 is 0.898 bits per heavy atom. The second-order valence-corrected chi connectivity index (χ2v) is 14.3. The first-order valence-electron chi connectivity index (χ1n) is 18.8. The molecule has 1 saturated heterocycles. The van der Waals surface area contributed by atoms with E-state index >= 15 is 0 Å². The number of carbonyl (C=O) groups is 5. The average molecular weight is 827 g/mol. The topological polar surface area (TPSA) is 235 Å². The number of aromatic amines is 1. The third kappa shape index (κ3) is 10.8. The summed E-state index contributed by atoms with van der Waals surface area (Å²) in [7, 11) is 0. The number of piperidine rings is 1.